The minimum atomic E-state index is 0.302. The van der Waals surface area contributed by atoms with E-state index in [9.17, 15) is 0 Å². The van der Waals surface area contributed by atoms with Crippen LogP contribution >= 0.6 is 12.6 Å². The van der Waals surface area contributed by atoms with Gasteiger partial charge in [-0.3, -0.25) is 4.40 Å². The molecule has 0 unspecified atom stereocenters. The van der Waals surface area contributed by atoms with Crippen molar-refractivity contribution in [1.82, 2.24) is 14.6 Å². The summed E-state index contributed by atoms with van der Waals surface area (Å²) in [5, 5.41) is 8.17. The van der Waals surface area contributed by atoms with Gasteiger partial charge in [-0.2, -0.15) is 0 Å². The maximum atomic E-state index is 5.85. The van der Waals surface area contributed by atoms with Crippen LogP contribution in [0.5, 0.6) is 0 Å². The van der Waals surface area contributed by atoms with Gasteiger partial charge in [0.1, 0.15) is 5.82 Å². The van der Waals surface area contributed by atoms with Gasteiger partial charge in [-0.25, -0.2) is 0 Å². The van der Waals surface area contributed by atoms with E-state index in [-0.39, 0.29) is 0 Å². The minimum absolute atomic E-state index is 0.302. The van der Waals surface area contributed by atoms with Gasteiger partial charge in [-0.1, -0.05) is 38.1 Å². The lowest BCUT2D eigenvalue weighted by Crippen LogP contribution is -2.04. The maximum absolute atomic E-state index is 5.85. The summed E-state index contributed by atoms with van der Waals surface area (Å²) in [6.45, 7) is 4.20. The van der Waals surface area contributed by atoms with Gasteiger partial charge in [0, 0.05) is 23.1 Å². The Balaban J connectivity index is 0.000000140. The highest BCUT2D eigenvalue weighted by molar-refractivity contribution is 7.80. The molecule has 5 heteroatoms. The van der Waals surface area contributed by atoms with E-state index in [2.05, 4.69) is 60.9 Å². The average Bonchev–Trinajstić information content (AvgIpc) is 3.12. The molecule has 0 fully saturated rings. The number of fused-ring (bicyclic) bond motifs is 2. The van der Waals surface area contributed by atoms with Crippen molar-refractivity contribution in [3.63, 3.8) is 0 Å². The molecule has 4 nitrogen and oxygen atoms in total. The third kappa shape index (κ3) is 3.41. The molecule has 1 aromatic carbocycles. The van der Waals surface area contributed by atoms with Crippen LogP contribution in [0.1, 0.15) is 49.2 Å². The van der Waals surface area contributed by atoms with Crippen LogP contribution < -0.4 is 5.73 Å². The van der Waals surface area contributed by atoms with Crippen LogP contribution in [0, 0.1) is 0 Å². The molecule has 4 rings (SSSR count). The Morgan fingerprint density at radius 1 is 1.17 bits per heavy atom. The average molecular weight is 326 g/mol. The molecule has 0 aliphatic heterocycles. The Kier molecular flexibility index (Phi) is 4.68. The summed E-state index contributed by atoms with van der Waals surface area (Å²) in [6.07, 6.45) is 4.23. The Morgan fingerprint density at radius 2 is 1.96 bits per heavy atom. The van der Waals surface area contributed by atoms with E-state index in [1.807, 2.05) is 22.7 Å². The van der Waals surface area contributed by atoms with Gasteiger partial charge in [0.25, 0.3) is 0 Å². The molecule has 23 heavy (non-hydrogen) atoms. The van der Waals surface area contributed by atoms with E-state index in [0.717, 1.165) is 29.2 Å². The van der Waals surface area contributed by atoms with Crippen molar-refractivity contribution in [2.75, 3.05) is 0 Å². The van der Waals surface area contributed by atoms with Gasteiger partial charge in [0.2, 0.25) is 0 Å². The smallest absolute Gasteiger partial charge is 0.160 e. The normalized spacial score (nSPS) is 16.3. The van der Waals surface area contributed by atoms with Gasteiger partial charge < -0.3 is 5.73 Å². The van der Waals surface area contributed by atoms with Crippen molar-refractivity contribution in [2.24, 2.45) is 5.73 Å². The molecule has 0 saturated carbocycles. The van der Waals surface area contributed by atoms with Crippen LogP contribution in [-0.4, -0.2) is 14.6 Å². The van der Waals surface area contributed by atoms with Crippen molar-refractivity contribution in [3.8, 4) is 0 Å². The molecule has 1 atom stereocenters. The predicted molar refractivity (Wildman–Crippen MR) is 96.0 cm³/mol. The summed E-state index contributed by atoms with van der Waals surface area (Å²) >= 11 is 4.27. The summed E-state index contributed by atoms with van der Waals surface area (Å²) in [7, 11) is 0. The maximum Gasteiger partial charge on any atom is 0.160 e. The first-order valence-electron chi connectivity index (χ1n) is 7.93. The SMILES string of the molecule is CC(C)c1nnc2ccc(S)cn12.N[C@H]1CCc2ccccc21. The van der Waals surface area contributed by atoms with Crippen LogP contribution in [0.2, 0.25) is 0 Å². The van der Waals surface area contributed by atoms with E-state index in [4.69, 9.17) is 5.73 Å². The van der Waals surface area contributed by atoms with E-state index >= 15 is 0 Å². The summed E-state index contributed by atoms with van der Waals surface area (Å²) in [6, 6.07) is 12.6. The second-order valence-electron chi connectivity index (χ2n) is 6.17. The van der Waals surface area contributed by atoms with Crippen molar-refractivity contribution >= 4 is 18.3 Å². The topological polar surface area (TPSA) is 56.2 Å². The number of benzene rings is 1. The molecule has 2 N–H and O–H groups in total. The summed E-state index contributed by atoms with van der Waals surface area (Å²) in [4.78, 5) is 0.925. The number of rotatable bonds is 1. The molecule has 0 saturated heterocycles. The predicted octanol–water partition coefficient (Wildman–Crippen LogP) is 3.77. The number of nitrogens with two attached hydrogens (primary N) is 1. The van der Waals surface area contributed by atoms with E-state index in [0.29, 0.717) is 12.0 Å². The Labute approximate surface area is 142 Å². The number of pyridine rings is 1. The molecule has 1 aliphatic rings. The first-order chi connectivity index (χ1) is 11.1. The number of thiol groups is 1. The molecular formula is C18H22N4S. The molecule has 0 bridgehead atoms. The molecule has 120 valence electrons. The zero-order valence-electron chi connectivity index (χ0n) is 13.5. The molecule has 0 amide bonds. The van der Waals surface area contributed by atoms with Crippen molar-refractivity contribution in [2.45, 2.75) is 43.5 Å². The van der Waals surface area contributed by atoms with Crippen molar-refractivity contribution < 1.29 is 0 Å². The molecule has 0 spiro atoms. The van der Waals surface area contributed by atoms with Gasteiger partial charge in [0.05, 0.1) is 0 Å². The molecule has 3 aromatic rings. The van der Waals surface area contributed by atoms with Crippen LogP contribution in [0.3, 0.4) is 0 Å². The summed E-state index contributed by atoms with van der Waals surface area (Å²) in [5.41, 5.74) is 9.51. The number of hydrogen-bond acceptors (Lipinski definition) is 4. The first-order valence-corrected chi connectivity index (χ1v) is 8.38. The Hall–Kier alpha value is -1.85. The minimum Gasteiger partial charge on any atom is -0.324 e. The zero-order valence-corrected chi connectivity index (χ0v) is 14.4. The second kappa shape index (κ2) is 6.72. The lowest BCUT2D eigenvalue weighted by molar-refractivity contribution is 0.713. The quantitative estimate of drug-likeness (QED) is 0.669. The number of aryl methyl sites for hydroxylation is 1. The van der Waals surface area contributed by atoms with E-state index < -0.39 is 0 Å². The fourth-order valence-electron chi connectivity index (χ4n) is 2.88. The van der Waals surface area contributed by atoms with E-state index in [1.165, 1.54) is 11.1 Å². The monoisotopic (exact) mass is 326 g/mol. The molecule has 1 aliphatic carbocycles. The summed E-state index contributed by atoms with van der Waals surface area (Å²) in [5.74, 6) is 1.36. The van der Waals surface area contributed by atoms with Crippen LogP contribution in [0.4, 0.5) is 0 Å². The summed E-state index contributed by atoms with van der Waals surface area (Å²) < 4.78 is 1.98. The highest BCUT2D eigenvalue weighted by atomic mass is 32.1. The van der Waals surface area contributed by atoms with Crippen LogP contribution in [-0.2, 0) is 6.42 Å². The lowest BCUT2D eigenvalue weighted by Gasteiger charge is -2.02. The molecule has 0 radical (unpaired) electrons. The number of aromatic nitrogens is 3. The second-order valence-corrected chi connectivity index (χ2v) is 6.69. The van der Waals surface area contributed by atoms with Crippen LogP contribution in [0.15, 0.2) is 47.5 Å². The lowest BCUT2D eigenvalue weighted by atomic mass is 10.1. The third-order valence-corrected chi connectivity index (χ3v) is 4.37. The molecular weight excluding hydrogens is 304 g/mol. The third-order valence-electron chi connectivity index (χ3n) is 4.11. The first kappa shape index (κ1) is 16.0. The van der Waals surface area contributed by atoms with Crippen molar-refractivity contribution in [3.05, 3.63) is 59.5 Å². The Bertz CT molecular complexity index is 810. The fraction of sp³-hybridized carbons (Fsp3) is 0.333. The molecule has 2 aromatic heterocycles. The van der Waals surface area contributed by atoms with Crippen molar-refractivity contribution in [1.29, 1.82) is 0 Å². The Morgan fingerprint density at radius 3 is 2.70 bits per heavy atom. The van der Waals surface area contributed by atoms with Gasteiger partial charge >= 0.3 is 0 Å². The zero-order chi connectivity index (χ0) is 16.4. The molecule has 2 heterocycles. The van der Waals surface area contributed by atoms with Gasteiger partial charge in [0.15, 0.2) is 5.65 Å². The van der Waals surface area contributed by atoms with E-state index in [1.54, 1.807) is 0 Å². The highest BCUT2D eigenvalue weighted by Crippen LogP contribution is 2.28. The number of nitrogens with zero attached hydrogens (tertiary/aromatic N) is 3. The number of hydrogen-bond donors (Lipinski definition) is 2. The standard InChI is InChI=1S/C9H11N3S.C9H11N/c1-6(2)9-11-10-8-4-3-7(13)5-12(8)9;10-9-6-5-7-3-1-2-4-8(7)9/h3-6,13H,1-2H3;1-4,9H,5-6,10H2/t;9-/m.0/s1. The van der Waals surface area contributed by atoms with Crippen LogP contribution in [0.25, 0.3) is 5.65 Å². The fourth-order valence-corrected chi connectivity index (χ4v) is 3.07. The largest absolute Gasteiger partial charge is 0.324 e. The highest BCUT2D eigenvalue weighted by Gasteiger charge is 2.16. The van der Waals surface area contributed by atoms with Gasteiger partial charge in [-0.05, 0) is 36.1 Å². The van der Waals surface area contributed by atoms with Gasteiger partial charge in [-0.15, -0.1) is 22.8 Å².